The summed E-state index contributed by atoms with van der Waals surface area (Å²) >= 11 is 4.86. The number of carbonyl (C=O) groups is 1. The summed E-state index contributed by atoms with van der Waals surface area (Å²) in [7, 11) is 0. The molecule has 1 aromatic heterocycles. The number of nitrogens with zero attached hydrogens (tertiary/aromatic N) is 2. The minimum Gasteiger partial charge on any atom is -0.507 e. The molecule has 1 N–H and O–H groups in total. The number of aromatic hydroxyl groups is 1. The summed E-state index contributed by atoms with van der Waals surface area (Å²) in [6.45, 7) is 0.706. The fourth-order valence-electron chi connectivity index (χ4n) is 2.27. The Hall–Kier alpha value is -1.40. The van der Waals surface area contributed by atoms with Gasteiger partial charge in [-0.05, 0) is 18.1 Å². The Morgan fingerprint density at radius 1 is 1.45 bits per heavy atom. The third kappa shape index (κ3) is 2.45. The van der Waals surface area contributed by atoms with E-state index in [1.807, 2.05) is 17.5 Å². The van der Waals surface area contributed by atoms with Crippen molar-refractivity contribution >= 4 is 38.3 Å². The van der Waals surface area contributed by atoms with Crippen molar-refractivity contribution in [3.05, 3.63) is 29.6 Å². The average molecular weight is 353 g/mol. The quantitative estimate of drug-likeness (QED) is 0.862. The lowest BCUT2D eigenvalue weighted by Gasteiger charge is -2.11. The molecule has 1 atom stereocenters. The van der Waals surface area contributed by atoms with Crippen LogP contribution in [0.2, 0.25) is 0 Å². The minimum atomic E-state index is 0.118. The highest BCUT2D eigenvalue weighted by atomic mass is 79.9. The number of aromatic nitrogens is 1. The first kappa shape index (κ1) is 13.6. The van der Waals surface area contributed by atoms with Crippen LogP contribution in [0.3, 0.4) is 0 Å². The Morgan fingerprint density at radius 3 is 2.95 bits per heavy atom. The van der Waals surface area contributed by atoms with Crippen LogP contribution in [0.25, 0.3) is 11.3 Å². The van der Waals surface area contributed by atoms with Crippen molar-refractivity contribution in [1.82, 2.24) is 4.98 Å². The van der Waals surface area contributed by atoms with Gasteiger partial charge in [-0.15, -0.1) is 11.3 Å². The minimum absolute atomic E-state index is 0.118. The van der Waals surface area contributed by atoms with Crippen molar-refractivity contribution in [3.63, 3.8) is 0 Å². The summed E-state index contributed by atoms with van der Waals surface area (Å²) in [6, 6.07) is 7.09. The third-order valence-electron chi connectivity index (χ3n) is 3.33. The van der Waals surface area contributed by atoms with Gasteiger partial charge in [0.15, 0.2) is 5.13 Å². The zero-order chi connectivity index (χ0) is 14.1. The zero-order valence-corrected chi connectivity index (χ0v) is 13.0. The molecule has 3 rings (SSSR count). The second-order valence-corrected chi connectivity index (χ2v) is 6.25. The number of halogens is 1. The Balaban J connectivity index is 1.88. The Morgan fingerprint density at radius 2 is 2.25 bits per heavy atom. The predicted molar refractivity (Wildman–Crippen MR) is 83.5 cm³/mol. The molecule has 4 nitrogen and oxygen atoms in total. The van der Waals surface area contributed by atoms with Crippen molar-refractivity contribution in [3.8, 4) is 17.0 Å². The fourth-order valence-corrected chi connectivity index (χ4v) is 3.56. The normalized spacial score (nSPS) is 18.8. The van der Waals surface area contributed by atoms with Gasteiger partial charge in [-0.1, -0.05) is 28.1 Å². The number of carbonyl (C=O) groups excluding carboxylic acids is 1. The Kier molecular flexibility index (Phi) is 3.76. The smallest absolute Gasteiger partial charge is 0.229 e. The van der Waals surface area contributed by atoms with Crippen LogP contribution in [0.15, 0.2) is 29.6 Å². The van der Waals surface area contributed by atoms with E-state index in [4.69, 9.17) is 0 Å². The van der Waals surface area contributed by atoms with Crippen LogP contribution >= 0.6 is 27.3 Å². The van der Waals surface area contributed by atoms with Gasteiger partial charge in [-0.3, -0.25) is 9.69 Å². The molecule has 104 valence electrons. The predicted octanol–water partition coefficient (Wildman–Crippen LogP) is 3.26. The summed E-state index contributed by atoms with van der Waals surface area (Å²) in [5.74, 6) is 0.669. The van der Waals surface area contributed by atoms with Gasteiger partial charge in [0, 0.05) is 29.2 Å². The van der Waals surface area contributed by atoms with Gasteiger partial charge in [0.25, 0.3) is 0 Å². The number of amides is 1. The summed E-state index contributed by atoms with van der Waals surface area (Å²) in [4.78, 5) is 18.2. The van der Waals surface area contributed by atoms with E-state index >= 15 is 0 Å². The summed E-state index contributed by atoms with van der Waals surface area (Å²) in [6.07, 6.45) is 0.566. The van der Waals surface area contributed by atoms with Gasteiger partial charge >= 0.3 is 0 Å². The number of phenols is 1. The number of thiazole rings is 1. The molecule has 0 bridgehead atoms. The van der Waals surface area contributed by atoms with Gasteiger partial charge in [-0.2, -0.15) is 0 Å². The van der Waals surface area contributed by atoms with Crippen LogP contribution < -0.4 is 4.90 Å². The van der Waals surface area contributed by atoms with Crippen LogP contribution in [-0.2, 0) is 4.79 Å². The van der Waals surface area contributed by atoms with Crippen LogP contribution in [0.5, 0.6) is 5.75 Å². The maximum absolute atomic E-state index is 12.0. The first-order valence-corrected chi connectivity index (χ1v) is 8.29. The van der Waals surface area contributed by atoms with Gasteiger partial charge in [0.05, 0.1) is 5.69 Å². The molecule has 1 unspecified atom stereocenters. The number of benzene rings is 1. The third-order valence-corrected chi connectivity index (χ3v) is 5.11. The average Bonchev–Trinajstić information content (AvgIpc) is 3.05. The molecule has 1 amide bonds. The van der Waals surface area contributed by atoms with E-state index in [9.17, 15) is 9.90 Å². The molecule has 2 aromatic rings. The van der Waals surface area contributed by atoms with Crippen molar-refractivity contribution in [2.75, 3.05) is 16.8 Å². The molecule has 1 aliphatic rings. The van der Waals surface area contributed by atoms with Crippen LogP contribution in [0, 0.1) is 5.92 Å². The van der Waals surface area contributed by atoms with E-state index in [0.29, 0.717) is 35.3 Å². The Labute approximate surface area is 129 Å². The molecule has 1 fully saturated rings. The van der Waals surface area contributed by atoms with Crippen molar-refractivity contribution in [2.24, 2.45) is 5.92 Å². The van der Waals surface area contributed by atoms with E-state index < -0.39 is 0 Å². The SMILES string of the molecule is O=C1CC(CBr)CN1c1nc(-c2ccccc2O)cs1. The Bertz CT molecular complexity index is 644. The summed E-state index contributed by atoms with van der Waals surface area (Å²) in [5, 5.41) is 13.3. The van der Waals surface area contributed by atoms with Gasteiger partial charge in [0.1, 0.15) is 5.75 Å². The maximum Gasteiger partial charge on any atom is 0.229 e. The maximum atomic E-state index is 12.0. The molecule has 0 radical (unpaired) electrons. The van der Waals surface area contributed by atoms with E-state index in [1.54, 1.807) is 17.0 Å². The second kappa shape index (κ2) is 5.54. The lowest BCUT2D eigenvalue weighted by Crippen LogP contribution is -2.24. The first-order valence-electron chi connectivity index (χ1n) is 6.29. The molecule has 6 heteroatoms. The number of para-hydroxylation sites is 1. The molecular formula is C14H13BrN2O2S. The molecule has 1 saturated heterocycles. The highest BCUT2D eigenvalue weighted by Gasteiger charge is 2.31. The summed E-state index contributed by atoms with van der Waals surface area (Å²) in [5.41, 5.74) is 1.40. The topological polar surface area (TPSA) is 53.4 Å². The van der Waals surface area contributed by atoms with Crippen LogP contribution in [0.1, 0.15) is 6.42 Å². The molecule has 1 aliphatic heterocycles. The van der Waals surface area contributed by atoms with Crippen LogP contribution in [0.4, 0.5) is 5.13 Å². The van der Waals surface area contributed by atoms with Crippen LogP contribution in [-0.4, -0.2) is 27.9 Å². The van der Waals surface area contributed by atoms with E-state index in [2.05, 4.69) is 20.9 Å². The van der Waals surface area contributed by atoms with Crippen molar-refractivity contribution in [2.45, 2.75) is 6.42 Å². The van der Waals surface area contributed by atoms with E-state index in [1.165, 1.54) is 11.3 Å². The first-order chi connectivity index (χ1) is 9.69. The lowest BCUT2D eigenvalue weighted by molar-refractivity contribution is -0.117. The van der Waals surface area contributed by atoms with E-state index in [0.717, 1.165) is 5.33 Å². The van der Waals surface area contributed by atoms with Gasteiger partial charge in [0.2, 0.25) is 5.91 Å². The fraction of sp³-hybridized carbons (Fsp3) is 0.286. The molecule has 1 aromatic carbocycles. The number of anilines is 1. The molecule has 2 heterocycles. The highest BCUT2D eigenvalue weighted by molar-refractivity contribution is 9.09. The van der Waals surface area contributed by atoms with Crippen molar-refractivity contribution < 1.29 is 9.90 Å². The second-order valence-electron chi connectivity index (χ2n) is 4.76. The summed E-state index contributed by atoms with van der Waals surface area (Å²) < 4.78 is 0. The highest BCUT2D eigenvalue weighted by Crippen LogP contribution is 2.34. The zero-order valence-electron chi connectivity index (χ0n) is 10.6. The van der Waals surface area contributed by atoms with Gasteiger partial charge < -0.3 is 5.11 Å². The number of hydrogen-bond donors (Lipinski definition) is 1. The monoisotopic (exact) mass is 352 g/mol. The standard InChI is InChI=1S/C14H13BrN2O2S/c15-6-9-5-13(19)17(7-9)14-16-11(8-20-14)10-3-1-2-4-12(10)18/h1-4,8-9,18H,5-7H2. The number of alkyl halides is 1. The largest absolute Gasteiger partial charge is 0.507 e. The molecule has 0 spiro atoms. The number of hydrogen-bond acceptors (Lipinski definition) is 4. The van der Waals surface area contributed by atoms with Crippen molar-refractivity contribution in [1.29, 1.82) is 0 Å². The lowest BCUT2D eigenvalue weighted by atomic mass is 10.1. The molecule has 20 heavy (non-hydrogen) atoms. The number of rotatable bonds is 3. The molecule has 0 aliphatic carbocycles. The van der Waals surface area contributed by atoms with E-state index in [-0.39, 0.29) is 11.7 Å². The molecular weight excluding hydrogens is 340 g/mol. The molecule has 0 saturated carbocycles. The van der Waals surface area contributed by atoms with Gasteiger partial charge in [-0.25, -0.2) is 4.98 Å². The number of phenolic OH excluding ortho intramolecular Hbond substituents is 1.